The highest BCUT2D eigenvalue weighted by Crippen LogP contribution is 2.40. The number of hydrogen-bond acceptors (Lipinski definition) is 4. The van der Waals surface area contributed by atoms with Crippen LogP contribution in [0.2, 0.25) is 0 Å². The predicted octanol–water partition coefficient (Wildman–Crippen LogP) is 2.31. The number of aliphatic carboxylic acids is 1. The molecule has 0 bridgehead atoms. The third-order valence-corrected chi connectivity index (χ3v) is 4.27. The third-order valence-electron chi connectivity index (χ3n) is 3.77. The highest BCUT2D eigenvalue weighted by molar-refractivity contribution is 7.86. The molecule has 0 spiro atoms. The second-order valence-electron chi connectivity index (χ2n) is 5.26. The van der Waals surface area contributed by atoms with Crippen LogP contribution in [-0.2, 0) is 20.3 Å². The molecule has 0 saturated heterocycles. The van der Waals surface area contributed by atoms with Crippen LogP contribution >= 0.6 is 0 Å². The number of benzene rings is 1. The molecule has 1 N–H and O–H groups in total. The van der Waals surface area contributed by atoms with Gasteiger partial charge in [0.2, 0.25) is 0 Å². The molecular formula is C14H18O5S. The second kappa shape index (κ2) is 5.44. The summed E-state index contributed by atoms with van der Waals surface area (Å²) in [6.45, 7) is 0. The van der Waals surface area contributed by atoms with Crippen LogP contribution in [0.4, 0.5) is 0 Å². The fraction of sp³-hybridized carbons (Fsp3) is 0.500. The summed E-state index contributed by atoms with van der Waals surface area (Å²) in [6.07, 6.45) is 5.07. The van der Waals surface area contributed by atoms with E-state index in [2.05, 4.69) is 0 Å². The molecule has 1 aliphatic carbocycles. The number of hydrogen-bond donors (Lipinski definition) is 1. The highest BCUT2D eigenvalue weighted by atomic mass is 32.2. The molecule has 1 saturated carbocycles. The summed E-state index contributed by atoms with van der Waals surface area (Å²) in [5, 5.41) is 9.57. The van der Waals surface area contributed by atoms with E-state index < -0.39 is 21.5 Å². The molecule has 0 heterocycles. The maximum Gasteiger partial charge on any atom is 0.314 e. The lowest BCUT2D eigenvalue weighted by molar-refractivity contribution is -0.145. The third kappa shape index (κ3) is 3.12. The Hall–Kier alpha value is -1.56. The first-order chi connectivity index (χ1) is 9.33. The molecule has 0 aromatic heterocycles. The minimum Gasteiger partial charge on any atom is -0.481 e. The van der Waals surface area contributed by atoms with Gasteiger partial charge in [-0.15, -0.1) is 0 Å². The van der Waals surface area contributed by atoms with Gasteiger partial charge in [0.05, 0.1) is 11.7 Å². The van der Waals surface area contributed by atoms with Gasteiger partial charge in [0.25, 0.3) is 0 Å². The maximum absolute atomic E-state index is 11.7. The second-order valence-corrected chi connectivity index (χ2v) is 6.83. The molecule has 0 unspecified atom stereocenters. The number of carbonyl (C=O) groups is 1. The summed E-state index contributed by atoms with van der Waals surface area (Å²) in [5.74, 6) is -0.610. The summed E-state index contributed by atoms with van der Waals surface area (Å²) in [4.78, 5) is 11.7. The standard InChI is InChI=1S/C14H18O5S/c1-20(17,18)19-12-7-5-11(6-8-12)14(13(15)16)9-3-2-4-10-14/h5-8H,2-4,9-10H2,1H3,(H,15,16). The summed E-state index contributed by atoms with van der Waals surface area (Å²) in [5.41, 5.74) is -0.132. The zero-order chi connectivity index (χ0) is 14.8. The van der Waals surface area contributed by atoms with Gasteiger partial charge in [-0.05, 0) is 30.5 Å². The van der Waals surface area contributed by atoms with Crippen molar-refractivity contribution in [1.29, 1.82) is 0 Å². The van der Waals surface area contributed by atoms with Crippen LogP contribution in [0.3, 0.4) is 0 Å². The van der Waals surface area contributed by atoms with Crippen LogP contribution < -0.4 is 4.18 Å². The average Bonchev–Trinajstić information content (AvgIpc) is 2.38. The molecule has 0 radical (unpaired) electrons. The molecule has 1 aromatic rings. The lowest BCUT2D eigenvalue weighted by Crippen LogP contribution is -2.37. The van der Waals surface area contributed by atoms with Crippen molar-refractivity contribution >= 4 is 16.1 Å². The van der Waals surface area contributed by atoms with Crippen LogP contribution in [0.25, 0.3) is 0 Å². The molecule has 110 valence electrons. The van der Waals surface area contributed by atoms with Gasteiger partial charge in [-0.25, -0.2) is 0 Å². The minimum absolute atomic E-state index is 0.201. The van der Waals surface area contributed by atoms with Gasteiger partial charge in [0.1, 0.15) is 5.75 Å². The predicted molar refractivity (Wildman–Crippen MR) is 74.3 cm³/mol. The molecule has 1 aliphatic rings. The average molecular weight is 298 g/mol. The van der Waals surface area contributed by atoms with E-state index >= 15 is 0 Å². The Balaban J connectivity index is 2.29. The Bertz CT molecular complexity index is 582. The number of rotatable bonds is 4. The van der Waals surface area contributed by atoms with Crippen molar-refractivity contribution in [3.63, 3.8) is 0 Å². The van der Waals surface area contributed by atoms with E-state index in [0.717, 1.165) is 25.5 Å². The van der Waals surface area contributed by atoms with Gasteiger partial charge in [-0.2, -0.15) is 8.42 Å². The topological polar surface area (TPSA) is 80.7 Å². The summed E-state index contributed by atoms with van der Waals surface area (Å²) >= 11 is 0. The Morgan fingerprint density at radius 2 is 1.70 bits per heavy atom. The van der Waals surface area contributed by atoms with E-state index in [9.17, 15) is 18.3 Å². The fourth-order valence-electron chi connectivity index (χ4n) is 2.79. The van der Waals surface area contributed by atoms with Crippen LogP contribution in [0.1, 0.15) is 37.7 Å². The number of carboxylic acid groups (broad SMARTS) is 1. The molecule has 0 atom stereocenters. The molecule has 1 fully saturated rings. The first-order valence-electron chi connectivity index (χ1n) is 6.57. The molecule has 0 aliphatic heterocycles. The largest absolute Gasteiger partial charge is 0.481 e. The van der Waals surface area contributed by atoms with Crippen molar-refractivity contribution in [3.8, 4) is 5.75 Å². The van der Waals surface area contributed by atoms with E-state index in [-0.39, 0.29) is 5.75 Å². The van der Waals surface area contributed by atoms with Gasteiger partial charge < -0.3 is 9.29 Å². The smallest absolute Gasteiger partial charge is 0.314 e. The highest BCUT2D eigenvalue weighted by Gasteiger charge is 2.41. The molecule has 5 nitrogen and oxygen atoms in total. The van der Waals surface area contributed by atoms with Gasteiger partial charge in [0, 0.05) is 0 Å². The van der Waals surface area contributed by atoms with Gasteiger partial charge >= 0.3 is 16.1 Å². The normalized spacial score (nSPS) is 18.4. The summed E-state index contributed by atoms with van der Waals surface area (Å²) in [6, 6.07) is 6.32. The summed E-state index contributed by atoms with van der Waals surface area (Å²) < 4.78 is 26.8. The first-order valence-corrected chi connectivity index (χ1v) is 8.39. The van der Waals surface area contributed by atoms with Crippen LogP contribution in [0.5, 0.6) is 5.75 Å². The van der Waals surface area contributed by atoms with Crippen molar-refractivity contribution in [2.75, 3.05) is 6.26 Å². The Kier molecular flexibility index (Phi) is 4.04. The van der Waals surface area contributed by atoms with E-state index in [1.165, 1.54) is 12.1 Å². The SMILES string of the molecule is CS(=O)(=O)Oc1ccc(C2(C(=O)O)CCCCC2)cc1. The van der Waals surface area contributed by atoms with E-state index in [4.69, 9.17) is 4.18 Å². The monoisotopic (exact) mass is 298 g/mol. The van der Waals surface area contributed by atoms with E-state index in [0.29, 0.717) is 18.4 Å². The number of carboxylic acids is 1. The van der Waals surface area contributed by atoms with E-state index in [1.807, 2.05) is 0 Å². The van der Waals surface area contributed by atoms with Crippen molar-refractivity contribution in [1.82, 2.24) is 0 Å². The molecule has 2 rings (SSSR count). The van der Waals surface area contributed by atoms with Crippen molar-refractivity contribution in [3.05, 3.63) is 29.8 Å². The molecule has 6 heteroatoms. The minimum atomic E-state index is -3.56. The quantitative estimate of drug-likeness (QED) is 0.863. The zero-order valence-electron chi connectivity index (χ0n) is 11.3. The van der Waals surface area contributed by atoms with Gasteiger partial charge in [-0.1, -0.05) is 31.4 Å². The maximum atomic E-state index is 11.7. The van der Waals surface area contributed by atoms with Gasteiger partial charge in [0.15, 0.2) is 0 Å². The Morgan fingerprint density at radius 3 is 2.15 bits per heavy atom. The van der Waals surface area contributed by atoms with Crippen molar-refractivity contribution in [2.45, 2.75) is 37.5 Å². The molecule has 20 heavy (non-hydrogen) atoms. The Labute approximate surface area is 118 Å². The first kappa shape index (κ1) is 14.8. The van der Waals surface area contributed by atoms with Crippen molar-refractivity contribution < 1.29 is 22.5 Å². The van der Waals surface area contributed by atoms with Crippen molar-refractivity contribution in [2.24, 2.45) is 0 Å². The summed E-state index contributed by atoms with van der Waals surface area (Å²) in [7, 11) is -3.56. The Morgan fingerprint density at radius 1 is 1.15 bits per heavy atom. The van der Waals surface area contributed by atoms with E-state index in [1.54, 1.807) is 12.1 Å². The zero-order valence-corrected chi connectivity index (χ0v) is 12.1. The lowest BCUT2D eigenvalue weighted by Gasteiger charge is -2.33. The lowest BCUT2D eigenvalue weighted by atomic mass is 9.69. The van der Waals surface area contributed by atoms with Crippen LogP contribution in [-0.4, -0.2) is 25.7 Å². The van der Waals surface area contributed by atoms with Crippen LogP contribution in [0.15, 0.2) is 24.3 Å². The molecular weight excluding hydrogens is 280 g/mol. The van der Waals surface area contributed by atoms with Gasteiger partial charge in [-0.3, -0.25) is 4.79 Å². The molecule has 1 aromatic carbocycles. The molecule has 0 amide bonds. The fourth-order valence-corrected chi connectivity index (χ4v) is 3.25. The van der Waals surface area contributed by atoms with Crippen LogP contribution in [0, 0.1) is 0 Å².